The number of benzene rings is 1. The molecule has 1 aromatic carbocycles. The Kier molecular flexibility index (Phi) is 4.02. The van der Waals surface area contributed by atoms with E-state index in [1.807, 2.05) is 19.1 Å². The molecule has 1 aliphatic rings. The van der Waals surface area contributed by atoms with Crippen molar-refractivity contribution in [1.82, 2.24) is 0 Å². The molecule has 1 aromatic rings. The first-order valence-electron chi connectivity index (χ1n) is 6.27. The summed E-state index contributed by atoms with van der Waals surface area (Å²) in [6, 6.07) is 6.23. The van der Waals surface area contributed by atoms with Crippen LogP contribution in [0.15, 0.2) is 18.2 Å². The Morgan fingerprint density at radius 3 is 2.88 bits per heavy atom. The van der Waals surface area contributed by atoms with Crippen LogP contribution >= 0.6 is 0 Å². The first-order chi connectivity index (χ1) is 8.16. The average molecular weight is 235 g/mol. The second-order valence-electron chi connectivity index (χ2n) is 4.77. The van der Waals surface area contributed by atoms with Gasteiger partial charge in [0.1, 0.15) is 11.9 Å². The molecule has 94 valence electrons. The van der Waals surface area contributed by atoms with Gasteiger partial charge in [0.2, 0.25) is 0 Å². The van der Waals surface area contributed by atoms with Crippen molar-refractivity contribution in [2.75, 3.05) is 13.2 Å². The molecule has 0 saturated carbocycles. The van der Waals surface area contributed by atoms with Crippen molar-refractivity contribution in [2.24, 2.45) is 5.73 Å². The summed E-state index contributed by atoms with van der Waals surface area (Å²) in [5, 5.41) is 0. The second-order valence-corrected chi connectivity index (χ2v) is 4.77. The van der Waals surface area contributed by atoms with E-state index in [2.05, 4.69) is 13.0 Å². The van der Waals surface area contributed by atoms with Crippen molar-refractivity contribution in [3.8, 4) is 5.75 Å². The lowest BCUT2D eigenvalue weighted by Crippen LogP contribution is -2.28. The summed E-state index contributed by atoms with van der Waals surface area (Å²) in [4.78, 5) is 0. The highest BCUT2D eigenvalue weighted by molar-refractivity contribution is 5.37. The fourth-order valence-corrected chi connectivity index (χ4v) is 2.07. The lowest BCUT2D eigenvalue weighted by atomic mass is 10.1. The number of nitrogens with two attached hydrogens (primary N) is 1. The van der Waals surface area contributed by atoms with E-state index in [0.717, 1.165) is 36.3 Å². The van der Waals surface area contributed by atoms with E-state index in [-0.39, 0.29) is 12.1 Å². The van der Waals surface area contributed by atoms with E-state index in [0.29, 0.717) is 6.61 Å². The van der Waals surface area contributed by atoms with Crippen LogP contribution < -0.4 is 10.5 Å². The number of aryl methyl sites for hydroxylation is 1. The van der Waals surface area contributed by atoms with Crippen molar-refractivity contribution in [2.45, 2.75) is 38.8 Å². The van der Waals surface area contributed by atoms with Crippen LogP contribution in [0.4, 0.5) is 0 Å². The minimum Gasteiger partial charge on any atom is -0.488 e. The van der Waals surface area contributed by atoms with Crippen molar-refractivity contribution < 1.29 is 9.47 Å². The Hall–Kier alpha value is -1.06. The largest absolute Gasteiger partial charge is 0.488 e. The van der Waals surface area contributed by atoms with Crippen LogP contribution in [0, 0.1) is 6.92 Å². The number of hydrogen-bond acceptors (Lipinski definition) is 3. The van der Waals surface area contributed by atoms with Crippen LogP contribution in [-0.4, -0.2) is 19.3 Å². The summed E-state index contributed by atoms with van der Waals surface area (Å²) in [5.74, 6) is 0.949. The molecule has 1 fully saturated rings. The molecule has 3 nitrogen and oxygen atoms in total. The number of rotatable bonds is 3. The SMILES string of the molecule is Cc1cc([C@@H](C)N)ccc1OC1CCCOC1. The molecule has 2 rings (SSSR count). The van der Waals surface area contributed by atoms with Crippen LogP contribution in [0.3, 0.4) is 0 Å². The van der Waals surface area contributed by atoms with Crippen LogP contribution in [0.1, 0.15) is 36.9 Å². The topological polar surface area (TPSA) is 44.5 Å². The molecule has 0 aliphatic carbocycles. The van der Waals surface area contributed by atoms with Gasteiger partial charge in [-0.3, -0.25) is 0 Å². The molecule has 1 aliphatic heterocycles. The Labute approximate surface area is 103 Å². The predicted octanol–water partition coefficient (Wildman–Crippen LogP) is 2.57. The third kappa shape index (κ3) is 3.20. The Morgan fingerprint density at radius 1 is 1.47 bits per heavy atom. The molecule has 2 N–H and O–H groups in total. The maximum Gasteiger partial charge on any atom is 0.122 e. The smallest absolute Gasteiger partial charge is 0.122 e. The summed E-state index contributed by atoms with van der Waals surface area (Å²) in [6.07, 6.45) is 2.36. The third-order valence-electron chi connectivity index (χ3n) is 3.14. The molecule has 0 spiro atoms. The van der Waals surface area contributed by atoms with E-state index >= 15 is 0 Å². The summed E-state index contributed by atoms with van der Waals surface area (Å²) >= 11 is 0. The summed E-state index contributed by atoms with van der Waals surface area (Å²) < 4.78 is 11.4. The van der Waals surface area contributed by atoms with E-state index in [9.17, 15) is 0 Å². The zero-order valence-corrected chi connectivity index (χ0v) is 10.6. The molecule has 2 atom stereocenters. The zero-order valence-electron chi connectivity index (χ0n) is 10.6. The minimum atomic E-state index is 0.0702. The maximum atomic E-state index is 5.95. The van der Waals surface area contributed by atoms with Crippen LogP contribution in [-0.2, 0) is 4.74 Å². The number of hydrogen-bond donors (Lipinski definition) is 1. The van der Waals surface area contributed by atoms with Crippen molar-refractivity contribution in [3.63, 3.8) is 0 Å². The van der Waals surface area contributed by atoms with Gasteiger partial charge < -0.3 is 15.2 Å². The highest BCUT2D eigenvalue weighted by atomic mass is 16.5. The van der Waals surface area contributed by atoms with Crippen LogP contribution in [0.2, 0.25) is 0 Å². The molecule has 3 heteroatoms. The van der Waals surface area contributed by atoms with E-state index in [4.69, 9.17) is 15.2 Å². The van der Waals surface area contributed by atoms with Gasteiger partial charge in [-0.2, -0.15) is 0 Å². The van der Waals surface area contributed by atoms with Gasteiger partial charge in [0.05, 0.1) is 6.61 Å². The van der Waals surface area contributed by atoms with Gasteiger partial charge in [-0.05, 0) is 43.9 Å². The van der Waals surface area contributed by atoms with Gasteiger partial charge in [-0.1, -0.05) is 12.1 Å². The van der Waals surface area contributed by atoms with Crippen LogP contribution in [0.5, 0.6) is 5.75 Å². The fraction of sp³-hybridized carbons (Fsp3) is 0.571. The monoisotopic (exact) mass is 235 g/mol. The Balaban J connectivity index is 2.05. The molecule has 0 amide bonds. The lowest BCUT2D eigenvalue weighted by Gasteiger charge is -2.24. The van der Waals surface area contributed by atoms with E-state index in [1.54, 1.807) is 0 Å². The van der Waals surface area contributed by atoms with Gasteiger partial charge in [0.15, 0.2) is 0 Å². The first-order valence-corrected chi connectivity index (χ1v) is 6.27. The highest BCUT2D eigenvalue weighted by Crippen LogP contribution is 2.24. The summed E-state index contributed by atoms with van der Waals surface area (Å²) in [6.45, 7) is 5.62. The van der Waals surface area contributed by atoms with Crippen LogP contribution in [0.25, 0.3) is 0 Å². The van der Waals surface area contributed by atoms with Gasteiger partial charge in [0, 0.05) is 12.6 Å². The van der Waals surface area contributed by atoms with E-state index in [1.165, 1.54) is 0 Å². The molecule has 0 bridgehead atoms. The van der Waals surface area contributed by atoms with Crippen molar-refractivity contribution >= 4 is 0 Å². The lowest BCUT2D eigenvalue weighted by molar-refractivity contribution is 0.00715. The Bertz CT molecular complexity index is 370. The van der Waals surface area contributed by atoms with Crippen molar-refractivity contribution in [3.05, 3.63) is 29.3 Å². The maximum absolute atomic E-state index is 5.95. The fourth-order valence-electron chi connectivity index (χ4n) is 2.07. The van der Waals surface area contributed by atoms with Crippen molar-refractivity contribution in [1.29, 1.82) is 0 Å². The molecule has 0 aromatic heterocycles. The van der Waals surface area contributed by atoms with E-state index < -0.39 is 0 Å². The quantitative estimate of drug-likeness (QED) is 0.875. The molecule has 1 heterocycles. The summed E-state index contributed by atoms with van der Waals surface area (Å²) in [5.41, 5.74) is 8.15. The first kappa shape index (κ1) is 12.4. The predicted molar refractivity (Wildman–Crippen MR) is 68.3 cm³/mol. The van der Waals surface area contributed by atoms with Gasteiger partial charge >= 0.3 is 0 Å². The molecule has 17 heavy (non-hydrogen) atoms. The highest BCUT2D eigenvalue weighted by Gasteiger charge is 2.16. The third-order valence-corrected chi connectivity index (χ3v) is 3.14. The summed E-state index contributed by atoms with van der Waals surface area (Å²) in [7, 11) is 0. The second kappa shape index (κ2) is 5.52. The zero-order chi connectivity index (χ0) is 12.3. The molecule has 1 unspecified atom stereocenters. The van der Waals surface area contributed by atoms with Gasteiger partial charge in [-0.25, -0.2) is 0 Å². The molecule has 0 radical (unpaired) electrons. The Morgan fingerprint density at radius 2 is 2.29 bits per heavy atom. The molecular weight excluding hydrogens is 214 g/mol. The normalized spacial score (nSPS) is 22.2. The standard InChI is InChI=1S/C14H21NO2/c1-10-8-12(11(2)15)5-6-14(10)17-13-4-3-7-16-9-13/h5-6,8,11,13H,3-4,7,9,15H2,1-2H3/t11-,13?/m1/s1. The van der Waals surface area contributed by atoms with Gasteiger partial charge in [0.25, 0.3) is 0 Å². The van der Waals surface area contributed by atoms with Gasteiger partial charge in [-0.15, -0.1) is 0 Å². The molecule has 1 saturated heterocycles. The average Bonchev–Trinajstić information content (AvgIpc) is 2.33. The molecular formula is C14H21NO2. The minimum absolute atomic E-state index is 0.0702. The number of ether oxygens (including phenoxy) is 2.